The number of methoxy groups -OCH3 is 1. The van der Waals surface area contributed by atoms with Crippen LogP contribution in [0.15, 0.2) is 18.2 Å². The maximum Gasteiger partial charge on any atom is 0.234 e. The first-order valence-electron chi connectivity index (χ1n) is 6.02. The molecule has 0 aromatic heterocycles. The van der Waals surface area contributed by atoms with E-state index in [0.717, 1.165) is 0 Å². The summed E-state index contributed by atoms with van der Waals surface area (Å²) in [6.45, 7) is 0.843. The Hall–Kier alpha value is -1.17. The van der Waals surface area contributed by atoms with Crippen molar-refractivity contribution in [2.75, 3.05) is 13.7 Å². The van der Waals surface area contributed by atoms with Gasteiger partial charge in [0.25, 0.3) is 0 Å². The number of hydrogen-bond acceptors (Lipinski definition) is 3. The van der Waals surface area contributed by atoms with Gasteiger partial charge in [0.15, 0.2) is 0 Å². The Labute approximate surface area is 116 Å². The van der Waals surface area contributed by atoms with Crippen molar-refractivity contribution in [3.63, 3.8) is 0 Å². The third-order valence-corrected chi connectivity index (χ3v) is 3.72. The zero-order chi connectivity index (χ0) is 14.0. The van der Waals surface area contributed by atoms with Crippen molar-refractivity contribution in [2.24, 2.45) is 5.73 Å². The molecule has 0 radical (unpaired) electrons. The van der Waals surface area contributed by atoms with E-state index in [2.05, 4.69) is 0 Å². The fourth-order valence-electron chi connectivity index (χ4n) is 2.39. The second-order valence-corrected chi connectivity index (χ2v) is 5.06. The van der Waals surface area contributed by atoms with Crippen LogP contribution in [0.25, 0.3) is 0 Å². The van der Waals surface area contributed by atoms with Crippen molar-refractivity contribution in [3.05, 3.63) is 34.6 Å². The second kappa shape index (κ2) is 5.86. The minimum atomic E-state index is -0.451. The summed E-state index contributed by atoms with van der Waals surface area (Å²) >= 11 is 5.74. The number of ether oxygens (including phenoxy) is 1. The van der Waals surface area contributed by atoms with Crippen LogP contribution in [-0.2, 0) is 16.1 Å². The molecule has 6 heteroatoms. The number of primary amides is 1. The first kappa shape index (κ1) is 14.2. The van der Waals surface area contributed by atoms with Gasteiger partial charge in [0, 0.05) is 25.8 Å². The van der Waals surface area contributed by atoms with Gasteiger partial charge in [0.2, 0.25) is 5.91 Å². The standard InChI is InChI=1S/C13H16ClFN2O2/c1-19-9-5-11(13(16)18)17(7-9)6-8-3-2-4-10(14)12(8)15/h2-4,9,11H,5-7H2,1H3,(H2,16,18)/t9-,11-/m0/s1. The molecule has 2 N–H and O–H groups in total. The van der Waals surface area contributed by atoms with Crippen LogP contribution < -0.4 is 5.73 Å². The molecule has 1 heterocycles. The van der Waals surface area contributed by atoms with E-state index in [-0.39, 0.29) is 11.1 Å². The molecule has 1 aromatic rings. The van der Waals surface area contributed by atoms with E-state index >= 15 is 0 Å². The molecule has 0 aliphatic carbocycles. The van der Waals surface area contributed by atoms with Gasteiger partial charge in [-0.3, -0.25) is 9.69 Å². The molecule has 1 aliphatic heterocycles. The lowest BCUT2D eigenvalue weighted by atomic mass is 10.1. The average Bonchev–Trinajstić information content (AvgIpc) is 2.78. The summed E-state index contributed by atoms with van der Waals surface area (Å²) in [5, 5.41) is 0.0793. The summed E-state index contributed by atoms with van der Waals surface area (Å²) < 4.78 is 19.1. The Morgan fingerprint density at radius 1 is 1.63 bits per heavy atom. The van der Waals surface area contributed by atoms with Crippen LogP contribution in [0.1, 0.15) is 12.0 Å². The number of benzene rings is 1. The average molecular weight is 287 g/mol. The predicted molar refractivity (Wildman–Crippen MR) is 70.2 cm³/mol. The Morgan fingerprint density at radius 2 is 2.37 bits per heavy atom. The van der Waals surface area contributed by atoms with Crippen LogP contribution in [0.3, 0.4) is 0 Å². The van der Waals surface area contributed by atoms with E-state index in [9.17, 15) is 9.18 Å². The van der Waals surface area contributed by atoms with E-state index in [0.29, 0.717) is 25.1 Å². The van der Waals surface area contributed by atoms with Gasteiger partial charge >= 0.3 is 0 Å². The van der Waals surface area contributed by atoms with Gasteiger partial charge in [-0.15, -0.1) is 0 Å². The topological polar surface area (TPSA) is 55.6 Å². The van der Waals surface area contributed by atoms with Gasteiger partial charge in [0.05, 0.1) is 17.2 Å². The van der Waals surface area contributed by atoms with Gasteiger partial charge in [-0.1, -0.05) is 23.7 Å². The van der Waals surface area contributed by atoms with E-state index in [1.165, 1.54) is 6.07 Å². The van der Waals surface area contributed by atoms with Crippen LogP contribution in [0.5, 0.6) is 0 Å². The Bertz CT molecular complexity index is 484. The number of carbonyl (C=O) groups is 1. The molecular formula is C13H16ClFN2O2. The quantitative estimate of drug-likeness (QED) is 0.914. The highest BCUT2D eigenvalue weighted by molar-refractivity contribution is 6.30. The van der Waals surface area contributed by atoms with E-state index in [1.54, 1.807) is 19.2 Å². The number of halogens is 2. The minimum Gasteiger partial charge on any atom is -0.380 e. The van der Waals surface area contributed by atoms with Gasteiger partial charge in [-0.05, 0) is 12.5 Å². The van der Waals surface area contributed by atoms with E-state index < -0.39 is 17.8 Å². The highest BCUT2D eigenvalue weighted by atomic mass is 35.5. The number of hydrogen-bond donors (Lipinski definition) is 1. The smallest absolute Gasteiger partial charge is 0.234 e. The molecule has 0 saturated carbocycles. The number of nitrogens with zero attached hydrogens (tertiary/aromatic N) is 1. The number of nitrogens with two attached hydrogens (primary N) is 1. The maximum absolute atomic E-state index is 13.9. The summed E-state index contributed by atoms with van der Waals surface area (Å²) in [4.78, 5) is 13.2. The van der Waals surface area contributed by atoms with Crippen molar-refractivity contribution >= 4 is 17.5 Å². The number of likely N-dealkylation sites (tertiary alicyclic amines) is 1. The number of rotatable bonds is 4. The van der Waals surface area contributed by atoms with Gasteiger partial charge in [0.1, 0.15) is 5.82 Å². The summed E-state index contributed by atoms with van der Waals surface area (Å²) in [6.07, 6.45) is 0.480. The lowest BCUT2D eigenvalue weighted by Gasteiger charge is -2.21. The molecule has 1 saturated heterocycles. The van der Waals surface area contributed by atoms with Gasteiger partial charge in [-0.25, -0.2) is 4.39 Å². The molecule has 19 heavy (non-hydrogen) atoms. The number of carbonyl (C=O) groups excluding carboxylic acids is 1. The molecule has 2 atom stereocenters. The zero-order valence-corrected chi connectivity index (χ0v) is 11.4. The Kier molecular flexibility index (Phi) is 4.39. The first-order valence-corrected chi connectivity index (χ1v) is 6.39. The summed E-state index contributed by atoms with van der Waals surface area (Å²) in [5.74, 6) is -0.866. The fourth-order valence-corrected chi connectivity index (χ4v) is 2.59. The highest BCUT2D eigenvalue weighted by Crippen LogP contribution is 2.25. The van der Waals surface area contributed by atoms with Crippen LogP contribution in [-0.4, -0.2) is 36.6 Å². The number of amides is 1. The predicted octanol–water partition coefficient (Wildman–Crippen LogP) is 1.55. The first-order chi connectivity index (χ1) is 9.02. The van der Waals surface area contributed by atoms with Crippen LogP contribution in [0.4, 0.5) is 4.39 Å². The third-order valence-electron chi connectivity index (χ3n) is 3.43. The molecule has 1 aromatic carbocycles. The fraction of sp³-hybridized carbons (Fsp3) is 0.462. The van der Waals surface area contributed by atoms with Crippen molar-refractivity contribution in [1.82, 2.24) is 4.90 Å². The van der Waals surface area contributed by atoms with Gasteiger partial charge in [-0.2, -0.15) is 0 Å². The Morgan fingerprint density at radius 3 is 3.00 bits per heavy atom. The highest BCUT2D eigenvalue weighted by Gasteiger charge is 2.35. The Balaban J connectivity index is 2.17. The lowest BCUT2D eigenvalue weighted by molar-refractivity contribution is -0.122. The largest absolute Gasteiger partial charge is 0.380 e. The van der Waals surface area contributed by atoms with Crippen molar-refractivity contribution in [1.29, 1.82) is 0 Å². The summed E-state index contributed by atoms with van der Waals surface area (Å²) in [7, 11) is 1.59. The molecule has 0 bridgehead atoms. The monoisotopic (exact) mass is 286 g/mol. The van der Waals surface area contributed by atoms with Gasteiger partial charge < -0.3 is 10.5 Å². The molecule has 0 unspecified atom stereocenters. The second-order valence-electron chi connectivity index (χ2n) is 4.65. The van der Waals surface area contributed by atoms with Crippen LogP contribution in [0.2, 0.25) is 5.02 Å². The normalized spacial score (nSPS) is 23.7. The van der Waals surface area contributed by atoms with Crippen LogP contribution >= 0.6 is 11.6 Å². The van der Waals surface area contributed by atoms with E-state index in [1.807, 2.05) is 4.90 Å². The SMILES string of the molecule is CO[C@H]1C[C@@H](C(N)=O)N(Cc2cccc(Cl)c2F)C1. The van der Waals surface area contributed by atoms with Crippen LogP contribution in [0, 0.1) is 5.82 Å². The molecule has 0 spiro atoms. The lowest BCUT2D eigenvalue weighted by Crippen LogP contribution is -2.39. The molecule has 1 amide bonds. The van der Waals surface area contributed by atoms with E-state index in [4.69, 9.17) is 22.1 Å². The van der Waals surface area contributed by atoms with Crippen molar-refractivity contribution in [2.45, 2.75) is 25.1 Å². The molecule has 4 nitrogen and oxygen atoms in total. The molecule has 1 fully saturated rings. The zero-order valence-electron chi connectivity index (χ0n) is 10.6. The minimum absolute atomic E-state index is 0.0558. The van der Waals surface area contributed by atoms with Crippen molar-refractivity contribution in [3.8, 4) is 0 Å². The third kappa shape index (κ3) is 3.05. The maximum atomic E-state index is 13.9. The molecular weight excluding hydrogens is 271 g/mol. The molecule has 104 valence electrons. The molecule has 1 aliphatic rings. The summed E-state index contributed by atoms with van der Waals surface area (Å²) in [6, 6.07) is 4.40. The molecule has 2 rings (SSSR count). The van der Waals surface area contributed by atoms with Crippen molar-refractivity contribution < 1.29 is 13.9 Å². The summed E-state index contributed by atoms with van der Waals surface area (Å²) in [5.41, 5.74) is 5.82.